The fourth-order valence-corrected chi connectivity index (χ4v) is 4.87. The van der Waals surface area contributed by atoms with Gasteiger partial charge in [-0.3, -0.25) is 0 Å². The molecule has 2 bridgehead atoms. The van der Waals surface area contributed by atoms with E-state index in [1.54, 1.807) is 0 Å². The minimum absolute atomic E-state index is 0.469. The van der Waals surface area contributed by atoms with Crippen LogP contribution in [0.25, 0.3) is 0 Å². The first-order valence-corrected chi connectivity index (χ1v) is 6.58. The summed E-state index contributed by atoms with van der Waals surface area (Å²) in [5.41, 5.74) is 7.02. The van der Waals surface area contributed by atoms with Gasteiger partial charge in [-0.05, 0) is 54.8 Å². The van der Waals surface area contributed by atoms with Crippen LogP contribution in [0.1, 0.15) is 39.5 Å². The molecule has 3 aliphatic carbocycles. The van der Waals surface area contributed by atoms with E-state index in [9.17, 15) is 0 Å². The highest BCUT2D eigenvalue weighted by Crippen LogP contribution is 2.62. The zero-order chi connectivity index (χ0) is 10.6. The van der Waals surface area contributed by atoms with Gasteiger partial charge in [0.15, 0.2) is 0 Å². The second-order valence-corrected chi connectivity index (χ2v) is 6.26. The fraction of sp³-hybridized carbons (Fsp3) is 0.857. The van der Waals surface area contributed by atoms with Crippen molar-refractivity contribution in [2.24, 2.45) is 34.8 Å². The van der Waals surface area contributed by atoms with Gasteiger partial charge in [0.25, 0.3) is 0 Å². The minimum atomic E-state index is 0.469. The molecule has 84 valence electrons. The molecule has 2 saturated carbocycles. The van der Waals surface area contributed by atoms with E-state index in [1.807, 2.05) is 0 Å². The zero-order valence-electron chi connectivity index (χ0n) is 9.95. The van der Waals surface area contributed by atoms with E-state index >= 15 is 0 Å². The summed E-state index contributed by atoms with van der Waals surface area (Å²) in [5.74, 6) is 3.22. The molecule has 0 heterocycles. The Morgan fingerprint density at radius 2 is 2.00 bits per heavy atom. The minimum Gasteiger partial charge on any atom is -0.327 e. The number of allylic oxidation sites excluding steroid dienone is 2. The van der Waals surface area contributed by atoms with Crippen molar-refractivity contribution in [1.82, 2.24) is 0 Å². The molecule has 0 amide bonds. The Kier molecular flexibility index (Phi) is 2.04. The van der Waals surface area contributed by atoms with Crippen molar-refractivity contribution < 1.29 is 0 Å². The molecule has 0 saturated heterocycles. The standard InChI is InChI=1S/C14H23N/c1-9-3-4-10(2)14(8-9)12-6-5-11(7-12)13(14)15/h3-4,9-13H,5-8,15H2,1-2H3/t9?,10?,11-,12+,13-,14?/m1/s1. The summed E-state index contributed by atoms with van der Waals surface area (Å²) in [6.07, 6.45) is 10.4. The molecule has 2 N–H and O–H groups in total. The Balaban J connectivity index is 1.99. The summed E-state index contributed by atoms with van der Waals surface area (Å²) >= 11 is 0. The van der Waals surface area contributed by atoms with Gasteiger partial charge in [0.2, 0.25) is 0 Å². The third kappa shape index (κ3) is 1.13. The van der Waals surface area contributed by atoms with Crippen molar-refractivity contribution in [3.8, 4) is 0 Å². The van der Waals surface area contributed by atoms with Crippen molar-refractivity contribution in [2.75, 3.05) is 0 Å². The van der Waals surface area contributed by atoms with Crippen LogP contribution in [0.2, 0.25) is 0 Å². The van der Waals surface area contributed by atoms with Crippen molar-refractivity contribution in [3.63, 3.8) is 0 Å². The van der Waals surface area contributed by atoms with Gasteiger partial charge in [-0.25, -0.2) is 0 Å². The first-order chi connectivity index (χ1) is 7.14. The molecule has 0 aromatic heterocycles. The SMILES string of the molecule is CC1C=CC(C)C2(C1)[C@H]1CC[C@H](C1)[C@H]2N. The second kappa shape index (κ2) is 3.10. The van der Waals surface area contributed by atoms with Crippen molar-refractivity contribution in [1.29, 1.82) is 0 Å². The highest BCUT2D eigenvalue weighted by Gasteiger charge is 2.58. The number of hydrogen-bond acceptors (Lipinski definition) is 1. The zero-order valence-corrected chi connectivity index (χ0v) is 9.95. The van der Waals surface area contributed by atoms with Crippen molar-refractivity contribution in [2.45, 2.75) is 45.6 Å². The summed E-state index contributed by atoms with van der Waals surface area (Å²) in [5, 5.41) is 0. The summed E-state index contributed by atoms with van der Waals surface area (Å²) in [4.78, 5) is 0. The Labute approximate surface area is 93.1 Å². The molecule has 3 aliphatic rings. The molecule has 1 spiro atoms. The van der Waals surface area contributed by atoms with E-state index in [0.29, 0.717) is 17.4 Å². The van der Waals surface area contributed by atoms with Crippen LogP contribution < -0.4 is 5.73 Å². The Hall–Kier alpha value is -0.300. The Bertz CT molecular complexity index is 292. The molecular weight excluding hydrogens is 182 g/mol. The van der Waals surface area contributed by atoms with E-state index in [2.05, 4.69) is 26.0 Å². The maximum absolute atomic E-state index is 6.55. The highest BCUT2D eigenvalue weighted by atomic mass is 14.8. The number of hydrogen-bond donors (Lipinski definition) is 1. The quantitative estimate of drug-likeness (QED) is 0.605. The summed E-state index contributed by atoms with van der Waals surface area (Å²) in [7, 11) is 0. The van der Waals surface area contributed by atoms with Crippen LogP contribution >= 0.6 is 0 Å². The lowest BCUT2D eigenvalue weighted by molar-refractivity contribution is 0.0534. The van der Waals surface area contributed by atoms with E-state index in [4.69, 9.17) is 5.73 Å². The smallest absolute Gasteiger partial charge is 0.0132 e. The van der Waals surface area contributed by atoms with Gasteiger partial charge >= 0.3 is 0 Å². The monoisotopic (exact) mass is 205 g/mol. The van der Waals surface area contributed by atoms with Crippen LogP contribution in [-0.2, 0) is 0 Å². The summed E-state index contributed by atoms with van der Waals surface area (Å²) in [6.45, 7) is 4.74. The van der Waals surface area contributed by atoms with Crippen LogP contribution in [0.15, 0.2) is 12.2 Å². The molecule has 6 atom stereocenters. The lowest BCUT2D eigenvalue weighted by atomic mass is 9.57. The van der Waals surface area contributed by atoms with Crippen molar-refractivity contribution >= 4 is 0 Å². The molecule has 1 heteroatoms. The van der Waals surface area contributed by atoms with E-state index in [1.165, 1.54) is 25.7 Å². The van der Waals surface area contributed by atoms with Gasteiger partial charge in [0.05, 0.1) is 0 Å². The summed E-state index contributed by atoms with van der Waals surface area (Å²) in [6, 6.07) is 0.485. The molecule has 3 rings (SSSR count). The molecule has 2 fully saturated rings. The molecule has 1 nitrogen and oxygen atoms in total. The van der Waals surface area contributed by atoms with Gasteiger partial charge in [0, 0.05) is 6.04 Å². The molecule has 0 aliphatic heterocycles. The van der Waals surface area contributed by atoms with E-state index in [-0.39, 0.29) is 0 Å². The number of rotatable bonds is 0. The largest absolute Gasteiger partial charge is 0.327 e. The van der Waals surface area contributed by atoms with Gasteiger partial charge in [0.1, 0.15) is 0 Å². The van der Waals surface area contributed by atoms with E-state index in [0.717, 1.165) is 17.8 Å². The average Bonchev–Trinajstić information content (AvgIpc) is 2.77. The predicted molar refractivity (Wildman–Crippen MR) is 63.3 cm³/mol. The molecule has 15 heavy (non-hydrogen) atoms. The highest BCUT2D eigenvalue weighted by molar-refractivity contribution is 5.17. The first-order valence-electron chi connectivity index (χ1n) is 6.58. The normalized spacial score (nSPS) is 57.9. The third-order valence-corrected chi connectivity index (χ3v) is 5.61. The molecule has 0 aromatic carbocycles. The maximum Gasteiger partial charge on any atom is 0.0132 e. The number of fused-ring (bicyclic) bond motifs is 3. The maximum atomic E-state index is 6.55. The molecular formula is C14H23N. The van der Waals surface area contributed by atoms with Gasteiger partial charge < -0.3 is 5.73 Å². The third-order valence-electron chi connectivity index (χ3n) is 5.61. The van der Waals surface area contributed by atoms with Gasteiger partial charge in [-0.1, -0.05) is 26.0 Å². The number of nitrogens with two attached hydrogens (primary N) is 1. The van der Waals surface area contributed by atoms with Crippen LogP contribution in [0.3, 0.4) is 0 Å². The molecule has 3 unspecified atom stereocenters. The van der Waals surface area contributed by atoms with Gasteiger partial charge in [-0.15, -0.1) is 0 Å². The Morgan fingerprint density at radius 1 is 1.20 bits per heavy atom. The lowest BCUT2D eigenvalue weighted by Crippen LogP contribution is -2.51. The molecule has 0 radical (unpaired) electrons. The fourth-order valence-electron chi connectivity index (χ4n) is 4.87. The Morgan fingerprint density at radius 3 is 2.67 bits per heavy atom. The topological polar surface area (TPSA) is 26.0 Å². The average molecular weight is 205 g/mol. The van der Waals surface area contributed by atoms with Crippen molar-refractivity contribution in [3.05, 3.63) is 12.2 Å². The van der Waals surface area contributed by atoms with Crippen LogP contribution in [0.5, 0.6) is 0 Å². The van der Waals surface area contributed by atoms with Crippen LogP contribution in [0.4, 0.5) is 0 Å². The van der Waals surface area contributed by atoms with Crippen LogP contribution in [0, 0.1) is 29.1 Å². The lowest BCUT2D eigenvalue weighted by Gasteiger charge is -2.49. The first kappa shape index (κ1) is 9.89. The second-order valence-electron chi connectivity index (χ2n) is 6.26. The van der Waals surface area contributed by atoms with Gasteiger partial charge in [-0.2, -0.15) is 0 Å². The van der Waals surface area contributed by atoms with E-state index < -0.39 is 0 Å². The molecule has 0 aromatic rings. The predicted octanol–water partition coefficient (Wildman–Crippen LogP) is 2.96. The summed E-state index contributed by atoms with van der Waals surface area (Å²) < 4.78 is 0. The van der Waals surface area contributed by atoms with Crippen LogP contribution in [-0.4, -0.2) is 6.04 Å².